The Hall–Kier alpha value is -2.46. The Labute approximate surface area is 170 Å². The quantitative estimate of drug-likeness (QED) is 0.646. The van der Waals surface area contributed by atoms with Crippen molar-refractivity contribution in [3.63, 3.8) is 0 Å². The monoisotopic (exact) mass is 421 g/mol. The molecule has 1 saturated heterocycles. The molecule has 29 heavy (non-hydrogen) atoms. The summed E-state index contributed by atoms with van der Waals surface area (Å²) in [7, 11) is -1.66. The highest BCUT2D eigenvalue weighted by molar-refractivity contribution is 7.89. The average molecular weight is 422 g/mol. The van der Waals surface area contributed by atoms with Gasteiger partial charge in [-0.05, 0) is 25.0 Å². The number of rotatable bonds is 7. The average Bonchev–Trinajstić information content (AvgIpc) is 2.98. The second-order valence-electron chi connectivity index (χ2n) is 7.46. The fraction of sp³-hybridized carbons (Fsp3) is 0.526. The molecule has 0 spiro atoms. The van der Waals surface area contributed by atoms with Crippen LogP contribution in [0.3, 0.4) is 0 Å². The van der Waals surface area contributed by atoms with Crippen LogP contribution in [0.2, 0.25) is 0 Å². The lowest BCUT2D eigenvalue weighted by molar-refractivity contribution is -0.124. The van der Waals surface area contributed by atoms with Gasteiger partial charge in [0.1, 0.15) is 18.1 Å². The summed E-state index contributed by atoms with van der Waals surface area (Å²) < 4.78 is 25.2. The molecule has 10 heteroatoms. The van der Waals surface area contributed by atoms with Gasteiger partial charge >= 0.3 is 0 Å². The summed E-state index contributed by atoms with van der Waals surface area (Å²) in [4.78, 5) is 30.6. The second-order valence-corrected chi connectivity index (χ2v) is 9.60. The molecule has 3 rings (SSSR count). The number of amides is 2. The van der Waals surface area contributed by atoms with E-state index in [0.717, 1.165) is 37.7 Å². The standard InChI is InChI=1S/C19H27N5O4S/c1-20-18(25)11-23-9-7-14(8-10-23)21-19(26)12-24-16-6-4-3-5-15(16)22-17(24)13-29(2,27)28/h3-6,14H,7-13H2,1-2H3,(H,20,25)(H,21,26). The van der Waals surface area contributed by atoms with E-state index in [0.29, 0.717) is 17.9 Å². The van der Waals surface area contributed by atoms with Crippen molar-refractivity contribution in [2.75, 3.05) is 32.9 Å². The maximum absolute atomic E-state index is 12.7. The molecule has 2 amide bonds. The number of piperidine rings is 1. The molecule has 1 aliphatic heterocycles. The van der Waals surface area contributed by atoms with Crippen molar-refractivity contribution >= 4 is 32.7 Å². The maximum Gasteiger partial charge on any atom is 0.240 e. The molecule has 0 aliphatic carbocycles. The van der Waals surface area contributed by atoms with Crippen molar-refractivity contribution in [1.29, 1.82) is 0 Å². The van der Waals surface area contributed by atoms with Crippen molar-refractivity contribution in [2.24, 2.45) is 0 Å². The Balaban J connectivity index is 1.64. The fourth-order valence-corrected chi connectivity index (χ4v) is 4.27. The lowest BCUT2D eigenvalue weighted by Crippen LogP contribution is -2.47. The smallest absolute Gasteiger partial charge is 0.240 e. The molecule has 158 valence electrons. The van der Waals surface area contributed by atoms with Crippen LogP contribution in [-0.4, -0.2) is 73.7 Å². The fourth-order valence-electron chi connectivity index (χ4n) is 3.58. The third kappa shape index (κ3) is 5.77. The summed E-state index contributed by atoms with van der Waals surface area (Å²) in [6, 6.07) is 7.34. The van der Waals surface area contributed by atoms with Crippen molar-refractivity contribution in [2.45, 2.75) is 31.2 Å². The largest absolute Gasteiger partial charge is 0.358 e. The van der Waals surface area contributed by atoms with Gasteiger partial charge in [-0.3, -0.25) is 14.5 Å². The first-order valence-corrected chi connectivity index (χ1v) is 11.7. The summed E-state index contributed by atoms with van der Waals surface area (Å²) >= 11 is 0. The molecule has 1 aliphatic rings. The summed E-state index contributed by atoms with van der Waals surface area (Å²) in [5.41, 5.74) is 1.41. The number of hydrogen-bond acceptors (Lipinski definition) is 6. The number of para-hydroxylation sites is 2. The summed E-state index contributed by atoms with van der Waals surface area (Å²) in [6.07, 6.45) is 2.69. The molecule has 0 bridgehead atoms. The molecule has 9 nitrogen and oxygen atoms in total. The van der Waals surface area contributed by atoms with Crippen LogP contribution in [0.15, 0.2) is 24.3 Å². The Morgan fingerprint density at radius 2 is 1.83 bits per heavy atom. The minimum absolute atomic E-state index is 0.0159. The van der Waals surface area contributed by atoms with Gasteiger partial charge in [0.15, 0.2) is 9.84 Å². The zero-order valence-corrected chi connectivity index (χ0v) is 17.5. The SMILES string of the molecule is CNC(=O)CN1CCC(NC(=O)Cn2c(CS(C)(=O)=O)nc3ccccc32)CC1. The highest BCUT2D eigenvalue weighted by atomic mass is 32.2. The lowest BCUT2D eigenvalue weighted by Gasteiger charge is -2.31. The van der Waals surface area contributed by atoms with Gasteiger partial charge in [-0.25, -0.2) is 13.4 Å². The Kier molecular flexibility index (Phi) is 6.53. The van der Waals surface area contributed by atoms with Gasteiger partial charge < -0.3 is 15.2 Å². The van der Waals surface area contributed by atoms with Crippen molar-refractivity contribution in [3.8, 4) is 0 Å². The third-order valence-electron chi connectivity index (χ3n) is 5.03. The Morgan fingerprint density at radius 1 is 1.14 bits per heavy atom. The number of benzene rings is 1. The molecule has 0 unspecified atom stereocenters. The Morgan fingerprint density at radius 3 is 2.48 bits per heavy atom. The number of likely N-dealkylation sites (N-methyl/N-ethyl adjacent to an activating group) is 1. The second kappa shape index (κ2) is 8.91. The van der Waals surface area contributed by atoms with E-state index in [2.05, 4.69) is 20.5 Å². The van der Waals surface area contributed by atoms with Gasteiger partial charge in [0.25, 0.3) is 0 Å². The van der Waals surface area contributed by atoms with Gasteiger partial charge in [-0.15, -0.1) is 0 Å². The predicted octanol–water partition coefficient (Wildman–Crippen LogP) is -0.0925. The third-order valence-corrected chi connectivity index (χ3v) is 5.81. The van der Waals surface area contributed by atoms with Crippen LogP contribution in [0.5, 0.6) is 0 Å². The van der Waals surface area contributed by atoms with E-state index in [-0.39, 0.29) is 30.2 Å². The number of carbonyl (C=O) groups excluding carboxylic acids is 2. The number of likely N-dealkylation sites (tertiary alicyclic amines) is 1. The molecule has 0 radical (unpaired) electrons. The van der Waals surface area contributed by atoms with Crippen molar-refractivity contribution in [1.82, 2.24) is 25.1 Å². The first-order chi connectivity index (χ1) is 13.7. The molecule has 1 aromatic carbocycles. The van der Waals surface area contributed by atoms with E-state index in [9.17, 15) is 18.0 Å². The van der Waals surface area contributed by atoms with Gasteiger partial charge in [0.05, 0.1) is 17.6 Å². The number of sulfone groups is 1. The first-order valence-electron chi connectivity index (χ1n) is 9.59. The summed E-state index contributed by atoms with van der Waals surface area (Å²) in [5, 5.41) is 5.65. The minimum atomic E-state index is -3.28. The number of nitrogens with one attached hydrogen (secondary N) is 2. The molecule has 1 fully saturated rings. The van der Waals surface area contributed by atoms with Crippen LogP contribution in [0, 0.1) is 0 Å². The molecular weight excluding hydrogens is 394 g/mol. The summed E-state index contributed by atoms with van der Waals surface area (Å²) in [6.45, 7) is 1.87. The zero-order valence-electron chi connectivity index (χ0n) is 16.7. The molecule has 0 atom stereocenters. The summed E-state index contributed by atoms with van der Waals surface area (Å²) in [5.74, 6) is -0.0397. The molecule has 2 N–H and O–H groups in total. The van der Waals surface area contributed by atoms with Gasteiger partial charge in [0, 0.05) is 32.4 Å². The number of imidazole rings is 1. The molecule has 2 heterocycles. The highest BCUT2D eigenvalue weighted by Gasteiger charge is 2.23. The maximum atomic E-state index is 12.7. The molecule has 1 aromatic heterocycles. The Bertz CT molecular complexity index is 993. The topological polar surface area (TPSA) is 113 Å². The van der Waals surface area contributed by atoms with Crippen LogP contribution >= 0.6 is 0 Å². The highest BCUT2D eigenvalue weighted by Crippen LogP contribution is 2.18. The van der Waals surface area contributed by atoms with Gasteiger partial charge in [-0.2, -0.15) is 0 Å². The first kappa shape index (κ1) is 21.3. The lowest BCUT2D eigenvalue weighted by atomic mass is 10.0. The van der Waals surface area contributed by atoms with Gasteiger partial charge in [0.2, 0.25) is 11.8 Å². The van der Waals surface area contributed by atoms with E-state index in [1.165, 1.54) is 0 Å². The van der Waals surface area contributed by atoms with Crippen molar-refractivity contribution in [3.05, 3.63) is 30.1 Å². The normalized spacial score (nSPS) is 16.1. The number of hydrogen-bond donors (Lipinski definition) is 2. The van der Waals surface area contributed by atoms with Crippen LogP contribution in [0.4, 0.5) is 0 Å². The number of nitrogens with zero attached hydrogens (tertiary/aromatic N) is 3. The van der Waals surface area contributed by atoms with E-state index in [1.54, 1.807) is 17.7 Å². The van der Waals surface area contributed by atoms with Crippen LogP contribution in [-0.2, 0) is 31.7 Å². The van der Waals surface area contributed by atoms with Crippen LogP contribution in [0.1, 0.15) is 18.7 Å². The number of carbonyl (C=O) groups is 2. The van der Waals surface area contributed by atoms with E-state index in [4.69, 9.17) is 0 Å². The van der Waals surface area contributed by atoms with E-state index < -0.39 is 9.84 Å². The molecule has 2 aromatic rings. The predicted molar refractivity (Wildman–Crippen MR) is 110 cm³/mol. The van der Waals surface area contributed by atoms with E-state index in [1.807, 2.05) is 18.2 Å². The number of aromatic nitrogens is 2. The number of fused-ring (bicyclic) bond motifs is 1. The molecular formula is C19H27N5O4S. The van der Waals surface area contributed by atoms with Crippen molar-refractivity contribution < 1.29 is 18.0 Å². The van der Waals surface area contributed by atoms with Crippen LogP contribution < -0.4 is 10.6 Å². The van der Waals surface area contributed by atoms with Crippen LogP contribution in [0.25, 0.3) is 11.0 Å². The van der Waals surface area contributed by atoms with E-state index >= 15 is 0 Å². The zero-order chi connectivity index (χ0) is 21.0. The van der Waals surface area contributed by atoms with Gasteiger partial charge in [-0.1, -0.05) is 12.1 Å². The minimum Gasteiger partial charge on any atom is -0.358 e. The molecule has 0 saturated carbocycles.